The minimum absolute atomic E-state index is 0.0801. The lowest BCUT2D eigenvalue weighted by molar-refractivity contribution is 0.0515. The third kappa shape index (κ3) is 3.45. The molecule has 1 amide bonds. The Balaban J connectivity index is 2.18. The number of halogens is 1. The van der Waals surface area contributed by atoms with E-state index in [1.165, 1.54) is 0 Å². The zero-order valence-corrected chi connectivity index (χ0v) is 11.8. The highest BCUT2D eigenvalue weighted by Gasteiger charge is 2.29. The van der Waals surface area contributed by atoms with Crippen molar-refractivity contribution in [3.05, 3.63) is 29.0 Å². The van der Waals surface area contributed by atoms with Gasteiger partial charge in [-0.15, -0.1) is 0 Å². The summed E-state index contributed by atoms with van der Waals surface area (Å²) in [5.74, 6) is -0.0801. The maximum atomic E-state index is 12.5. The van der Waals surface area contributed by atoms with Gasteiger partial charge in [0.1, 0.15) is 5.15 Å². The van der Waals surface area contributed by atoms with Crippen molar-refractivity contribution in [1.82, 2.24) is 9.88 Å². The van der Waals surface area contributed by atoms with Gasteiger partial charge in [0.15, 0.2) is 0 Å². The molecule has 1 N–H and O–H groups in total. The second-order valence-corrected chi connectivity index (χ2v) is 5.43. The van der Waals surface area contributed by atoms with E-state index in [1.54, 1.807) is 25.3 Å². The van der Waals surface area contributed by atoms with Gasteiger partial charge in [-0.2, -0.15) is 0 Å². The summed E-state index contributed by atoms with van der Waals surface area (Å²) in [4.78, 5) is 18.3. The van der Waals surface area contributed by atoms with Gasteiger partial charge in [-0.3, -0.25) is 4.79 Å². The molecule has 0 aromatic carbocycles. The molecule has 0 aliphatic carbocycles. The van der Waals surface area contributed by atoms with Gasteiger partial charge in [0.25, 0.3) is 5.91 Å². The summed E-state index contributed by atoms with van der Waals surface area (Å²) in [6.07, 6.45) is 4.82. The van der Waals surface area contributed by atoms with Crippen molar-refractivity contribution >= 4 is 17.5 Å². The Morgan fingerprint density at radius 1 is 1.63 bits per heavy atom. The van der Waals surface area contributed by atoms with Crippen molar-refractivity contribution in [2.24, 2.45) is 0 Å². The van der Waals surface area contributed by atoms with E-state index < -0.39 is 6.10 Å². The highest BCUT2D eigenvalue weighted by atomic mass is 35.5. The molecule has 19 heavy (non-hydrogen) atoms. The fourth-order valence-electron chi connectivity index (χ4n) is 2.61. The number of hydrogen-bond acceptors (Lipinski definition) is 3. The van der Waals surface area contributed by atoms with E-state index in [9.17, 15) is 9.90 Å². The quantitative estimate of drug-likeness (QED) is 0.867. The Morgan fingerprint density at radius 3 is 3.11 bits per heavy atom. The molecular weight excluding hydrogens is 264 g/mol. The van der Waals surface area contributed by atoms with E-state index in [0.29, 0.717) is 12.0 Å². The summed E-state index contributed by atoms with van der Waals surface area (Å²) in [5.41, 5.74) is 0.446. The number of rotatable bonds is 3. The normalized spacial score (nSPS) is 21.2. The molecule has 2 rings (SSSR count). The Labute approximate surface area is 118 Å². The molecule has 0 saturated carbocycles. The third-order valence-electron chi connectivity index (χ3n) is 3.49. The summed E-state index contributed by atoms with van der Waals surface area (Å²) in [5, 5.41) is 9.80. The topological polar surface area (TPSA) is 53.4 Å². The number of pyridine rings is 1. The van der Waals surface area contributed by atoms with Gasteiger partial charge in [0, 0.05) is 18.8 Å². The van der Waals surface area contributed by atoms with Gasteiger partial charge in [0.05, 0.1) is 11.7 Å². The Bertz CT molecular complexity index is 451. The van der Waals surface area contributed by atoms with Crippen LogP contribution in [0.3, 0.4) is 0 Å². The highest BCUT2D eigenvalue weighted by molar-refractivity contribution is 6.32. The van der Waals surface area contributed by atoms with Gasteiger partial charge in [-0.25, -0.2) is 4.98 Å². The van der Waals surface area contributed by atoms with Crippen LogP contribution in [0.15, 0.2) is 18.3 Å². The average Bonchev–Trinajstić information content (AvgIpc) is 2.38. The van der Waals surface area contributed by atoms with E-state index in [1.807, 2.05) is 4.90 Å². The van der Waals surface area contributed by atoms with Crippen LogP contribution >= 0.6 is 11.6 Å². The summed E-state index contributed by atoms with van der Waals surface area (Å²) < 4.78 is 0. The van der Waals surface area contributed by atoms with Gasteiger partial charge in [-0.1, -0.05) is 11.6 Å². The second kappa shape index (κ2) is 6.35. The molecule has 5 heteroatoms. The lowest BCUT2D eigenvalue weighted by atomic mass is 9.96. The molecule has 104 valence electrons. The van der Waals surface area contributed by atoms with Crippen LogP contribution in [0.4, 0.5) is 0 Å². The standard InChI is InChI=1S/C14H19ClN2O2/c1-10(18)9-11-5-2-3-8-17(11)14(19)12-6-4-7-16-13(12)15/h4,6-7,10-11,18H,2-3,5,8-9H2,1H3/t10-,11-/m1/s1. The van der Waals surface area contributed by atoms with Gasteiger partial charge in [0.2, 0.25) is 0 Å². The van der Waals surface area contributed by atoms with Crippen LogP contribution in [0.5, 0.6) is 0 Å². The third-order valence-corrected chi connectivity index (χ3v) is 3.79. The van der Waals surface area contributed by atoms with Crippen LogP contribution in [0.1, 0.15) is 43.0 Å². The molecule has 2 atom stereocenters. The molecule has 0 unspecified atom stereocenters. The Kier molecular flexibility index (Phi) is 4.77. The fraction of sp³-hybridized carbons (Fsp3) is 0.571. The number of aromatic nitrogens is 1. The predicted molar refractivity (Wildman–Crippen MR) is 74.2 cm³/mol. The lowest BCUT2D eigenvalue weighted by Crippen LogP contribution is -2.45. The molecule has 1 aliphatic heterocycles. The van der Waals surface area contributed by atoms with Crippen molar-refractivity contribution in [2.45, 2.75) is 44.8 Å². The summed E-state index contributed by atoms with van der Waals surface area (Å²) >= 11 is 5.98. The van der Waals surface area contributed by atoms with Crippen LogP contribution in [0.2, 0.25) is 5.15 Å². The minimum atomic E-state index is -0.400. The number of nitrogens with zero attached hydrogens (tertiary/aromatic N) is 2. The van der Waals surface area contributed by atoms with Crippen LogP contribution in [0.25, 0.3) is 0 Å². The highest BCUT2D eigenvalue weighted by Crippen LogP contribution is 2.24. The molecule has 1 aliphatic rings. The molecule has 0 spiro atoms. The van der Waals surface area contributed by atoms with Crippen molar-refractivity contribution in [3.8, 4) is 0 Å². The molecule has 2 heterocycles. The number of likely N-dealkylation sites (tertiary alicyclic amines) is 1. The molecule has 1 saturated heterocycles. The maximum absolute atomic E-state index is 12.5. The number of piperidine rings is 1. The molecular formula is C14H19ClN2O2. The second-order valence-electron chi connectivity index (χ2n) is 5.07. The SMILES string of the molecule is C[C@@H](O)C[C@H]1CCCCN1C(=O)c1cccnc1Cl. The van der Waals surface area contributed by atoms with Crippen molar-refractivity contribution in [1.29, 1.82) is 0 Å². The van der Waals surface area contributed by atoms with E-state index in [2.05, 4.69) is 4.98 Å². The Morgan fingerprint density at radius 2 is 2.42 bits per heavy atom. The molecule has 4 nitrogen and oxygen atoms in total. The van der Waals surface area contributed by atoms with Crippen LogP contribution in [-0.4, -0.2) is 39.6 Å². The maximum Gasteiger partial charge on any atom is 0.257 e. The zero-order chi connectivity index (χ0) is 13.8. The molecule has 1 aromatic rings. The number of hydrogen-bond donors (Lipinski definition) is 1. The van der Waals surface area contributed by atoms with Gasteiger partial charge >= 0.3 is 0 Å². The number of carbonyl (C=O) groups is 1. The Hall–Kier alpha value is -1.13. The molecule has 0 bridgehead atoms. The first-order valence-corrected chi connectivity index (χ1v) is 7.07. The van der Waals surface area contributed by atoms with Gasteiger partial charge < -0.3 is 10.0 Å². The zero-order valence-electron chi connectivity index (χ0n) is 11.1. The van der Waals surface area contributed by atoms with Crippen LogP contribution in [-0.2, 0) is 0 Å². The number of carbonyl (C=O) groups excluding carboxylic acids is 1. The first-order valence-electron chi connectivity index (χ1n) is 6.69. The number of aliphatic hydroxyl groups is 1. The summed E-state index contributed by atoms with van der Waals surface area (Å²) in [6.45, 7) is 2.48. The van der Waals surface area contributed by atoms with Crippen LogP contribution < -0.4 is 0 Å². The average molecular weight is 283 g/mol. The predicted octanol–water partition coefficient (Wildman–Crippen LogP) is 2.50. The van der Waals surface area contributed by atoms with Crippen molar-refractivity contribution in [3.63, 3.8) is 0 Å². The fourth-order valence-corrected chi connectivity index (χ4v) is 2.81. The van der Waals surface area contributed by atoms with Crippen molar-refractivity contribution in [2.75, 3.05) is 6.54 Å². The molecule has 0 radical (unpaired) electrons. The molecule has 1 aromatic heterocycles. The van der Waals surface area contributed by atoms with E-state index in [-0.39, 0.29) is 17.1 Å². The number of amides is 1. The lowest BCUT2D eigenvalue weighted by Gasteiger charge is -2.36. The first-order chi connectivity index (χ1) is 9.09. The summed E-state index contributed by atoms with van der Waals surface area (Å²) in [6, 6.07) is 3.51. The molecule has 1 fully saturated rings. The number of aliphatic hydroxyl groups excluding tert-OH is 1. The van der Waals surface area contributed by atoms with E-state index >= 15 is 0 Å². The first kappa shape index (κ1) is 14.3. The van der Waals surface area contributed by atoms with Crippen molar-refractivity contribution < 1.29 is 9.90 Å². The smallest absolute Gasteiger partial charge is 0.257 e. The monoisotopic (exact) mass is 282 g/mol. The van der Waals surface area contributed by atoms with E-state index in [4.69, 9.17) is 11.6 Å². The van der Waals surface area contributed by atoms with E-state index in [0.717, 1.165) is 25.8 Å². The summed E-state index contributed by atoms with van der Waals surface area (Å²) in [7, 11) is 0. The minimum Gasteiger partial charge on any atom is -0.393 e. The van der Waals surface area contributed by atoms with Gasteiger partial charge in [-0.05, 0) is 44.7 Å². The largest absolute Gasteiger partial charge is 0.393 e. The van der Waals surface area contributed by atoms with Crippen LogP contribution in [0, 0.1) is 0 Å².